The molecule has 2 aromatic rings. The zero-order valence-electron chi connectivity index (χ0n) is 13.3. The molecular weight excluding hydrogens is 330 g/mol. The molecule has 0 N–H and O–H groups in total. The number of rotatable bonds is 6. The van der Waals surface area contributed by atoms with Crippen molar-refractivity contribution in [1.82, 2.24) is 4.90 Å². The third-order valence-electron chi connectivity index (χ3n) is 3.73. The van der Waals surface area contributed by atoms with Crippen LogP contribution in [0.25, 0.3) is 0 Å². The number of nitrogens with zero attached hydrogens (tertiary/aromatic N) is 1. The van der Waals surface area contributed by atoms with Crippen molar-refractivity contribution >= 4 is 17.5 Å². The number of amides is 1. The van der Waals surface area contributed by atoms with Crippen molar-refractivity contribution in [2.45, 2.75) is 13.5 Å². The molecule has 1 heterocycles. The molecule has 5 nitrogen and oxygen atoms in total. The molecule has 0 aliphatic carbocycles. The van der Waals surface area contributed by atoms with E-state index >= 15 is 0 Å². The number of fused-ring (bicyclic) bond motifs is 1. The number of hydrogen-bond acceptors (Lipinski definition) is 4. The minimum atomic E-state index is -0.102. The Morgan fingerprint density at radius 2 is 2.00 bits per heavy atom. The molecule has 1 aliphatic heterocycles. The molecule has 0 saturated carbocycles. The van der Waals surface area contributed by atoms with Crippen LogP contribution < -0.4 is 14.2 Å². The molecule has 0 saturated heterocycles. The molecule has 1 aliphatic rings. The Bertz CT molecular complexity index is 735. The lowest BCUT2D eigenvalue weighted by atomic mass is 10.2. The van der Waals surface area contributed by atoms with Crippen molar-refractivity contribution in [3.63, 3.8) is 0 Å². The second-order valence-corrected chi connectivity index (χ2v) is 5.72. The Morgan fingerprint density at radius 3 is 2.79 bits per heavy atom. The van der Waals surface area contributed by atoms with Gasteiger partial charge in [-0.2, -0.15) is 0 Å². The zero-order valence-corrected chi connectivity index (χ0v) is 14.1. The quantitative estimate of drug-likeness (QED) is 0.802. The largest absolute Gasteiger partial charge is 0.482 e. The van der Waals surface area contributed by atoms with Crippen LogP contribution in [-0.2, 0) is 11.3 Å². The minimum absolute atomic E-state index is 0.0534. The highest BCUT2D eigenvalue weighted by molar-refractivity contribution is 6.32. The molecule has 24 heavy (non-hydrogen) atoms. The highest BCUT2D eigenvalue weighted by Gasteiger charge is 2.17. The molecule has 6 heteroatoms. The summed E-state index contributed by atoms with van der Waals surface area (Å²) in [6.07, 6.45) is 0. The average Bonchev–Trinajstić information content (AvgIpc) is 3.06. The van der Waals surface area contributed by atoms with Crippen molar-refractivity contribution < 1.29 is 19.0 Å². The molecular formula is C18H18ClNO4. The first kappa shape index (κ1) is 16.5. The highest BCUT2D eigenvalue weighted by Crippen LogP contribution is 2.32. The normalized spacial score (nSPS) is 12.1. The predicted octanol–water partition coefficient (Wildman–Crippen LogP) is 3.50. The summed E-state index contributed by atoms with van der Waals surface area (Å²) in [5, 5.41) is 0.490. The lowest BCUT2D eigenvalue weighted by molar-refractivity contribution is -0.133. The van der Waals surface area contributed by atoms with E-state index in [1.807, 2.05) is 37.3 Å². The Morgan fingerprint density at radius 1 is 1.21 bits per heavy atom. The number of carbonyl (C=O) groups excluding carboxylic acids is 1. The van der Waals surface area contributed by atoms with E-state index in [9.17, 15) is 4.79 Å². The number of halogens is 1. The fraction of sp³-hybridized carbons (Fsp3) is 0.278. The molecule has 2 aromatic carbocycles. The first-order valence-electron chi connectivity index (χ1n) is 7.71. The SMILES string of the molecule is CCN(Cc1ccc2c(c1)OCO2)C(=O)COc1ccccc1Cl. The second kappa shape index (κ2) is 7.45. The van der Waals surface area contributed by atoms with Gasteiger partial charge in [0.25, 0.3) is 5.91 Å². The van der Waals surface area contributed by atoms with Crippen LogP contribution in [0, 0.1) is 0 Å². The van der Waals surface area contributed by atoms with E-state index in [1.54, 1.807) is 17.0 Å². The summed E-state index contributed by atoms with van der Waals surface area (Å²) in [7, 11) is 0. The summed E-state index contributed by atoms with van der Waals surface area (Å²) >= 11 is 6.03. The number of carbonyl (C=O) groups is 1. The maximum absolute atomic E-state index is 12.4. The van der Waals surface area contributed by atoms with Crippen molar-refractivity contribution in [2.75, 3.05) is 19.9 Å². The molecule has 1 amide bonds. The van der Waals surface area contributed by atoms with Crippen LogP contribution in [-0.4, -0.2) is 30.8 Å². The average molecular weight is 348 g/mol. The van der Waals surface area contributed by atoms with E-state index in [2.05, 4.69) is 0 Å². The van der Waals surface area contributed by atoms with Crippen molar-refractivity contribution in [2.24, 2.45) is 0 Å². The predicted molar refractivity (Wildman–Crippen MR) is 90.6 cm³/mol. The standard InChI is InChI=1S/C18H18ClNO4/c1-2-20(10-13-7-8-16-17(9-13)24-12-23-16)18(21)11-22-15-6-4-3-5-14(15)19/h3-9H,2,10-12H2,1H3. The van der Waals surface area contributed by atoms with E-state index in [-0.39, 0.29) is 19.3 Å². The summed E-state index contributed by atoms with van der Waals surface area (Å²) in [4.78, 5) is 14.1. The van der Waals surface area contributed by atoms with Crippen LogP contribution in [0.15, 0.2) is 42.5 Å². The second-order valence-electron chi connectivity index (χ2n) is 5.31. The third kappa shape index (κ3) is 3.74. The number of para-hydroxylation sites is 1. The number of benzene rings is 2. The maximum atomic E-state index is 12.4. The molecule has 3 rings (SSSR count). The van der Waals surface area contributed by atoms with Crippen molar-refractivity contribution in [3.05, 3.63) is 53.1 Å². The first-order valence-corrected chi connectivity index (χ1v) is 8.09. The van der Waals surface area contributed by atoms with Crippen LogP contribution in [0.1, 0.15) is 12.5 Å². The van der Waals surface area contributed by atoms with Gasteiger partial charge in [0.15, 0.2) is 18.1 Å². The van der Waals surface area contributed by atoms with Crippen molar-refractivity contribution in [3.8, 4) is 17.2 Å². The van der Waals surface area contributed by atoms with E-state index in [0.717, 1.165) is 11.3 Å². The molecule has 0 bridgehead atoms. The van der Waals surface area contributed by atoms with Gasteiger partial charge in [0, 0.05) is 13.1 Å². The van der Waals surface area contributed by atoms with Gasteiger partial charge < -0.3 is 19.1 Å². The third-order valence-corrected chi connectivity index (χ3v) is 4.04. The Labute approximate surface area is 145 Å². The molecule has 126 valence electrons. The van der Waals surface area contributed by atoms with Gasteiger partial charge in [-0.25, -0.2) is 0 Å². The summed E-state index contributed by atoms with van der Waals surface area (Å²) in [5.74, 6) is 1.85. The first-order chi connectivity index (χ1) is 11.7. The summed E-state index contributed by atoms with van der Waals surface area (Å²) in [5.41, 5.74) is 0.979. The Balaban J connectivity index is 1.61. The highest BCUT2D eigenvalue weighted by atomic mass is 35.5. The Kier molecular flexibility index (Phi) is 5.11. The van der Waals surface area contributed by atoms with Gasteiger partial charge in [-0.05, 0) is 36.8 Å². The molecule has 0 atom stereocenters. The number of likely N-dealkylation sites (N-methyl/N-ethyl adjacent to an activating group) is 1. The van der Waals surface area contributed by atoms with Crippen LogP contribution >= 0.6 is 11.6 Å². The van der Waals surface area contributed by atoms with Crippen LogP contribution in [0.3, 0.4) is 0 Å². The van der Waals surface area contributed by atoms with Gasteiger partial charge >= 0.3 is 0 Å². The van der Waals surface area contributed by atoms with Gasteiger partial charge in [0.05, 0.1) is 5.02 Å². The van der Waals surface area contributed by atoms with Gasteiger partial charge in [-0.15, -0.1) is 0 Å². The van der Waals surface area contributed by atoms with Gasteiger partial charge in [-0.1, -0.05) is 29.8 Å². The van der Waals surface area contributed by atoms with Crippen LogP contribution in [0.2, 0.25) is 5.02 Å². The summed E-state index contributed by atoms with van der Waals surface area (Å²) < 4.78 is 16.2. The lowest BCUT2D eigenvalue weighted by Crippen LogP contribution is -2.34. The molecule has 0 spiro atoms. The number of hydrogen-bond donors (Lipinski definition) is 0. The minimum Gasteiger partial charge on any atom is -0.482 e. The molecule has 0 radical (unpaired) electrons. The van der Waals surface area contributed by atoms with E-state index in [4.69, 9.17) is 25.8 Å². The van der Waals surface area contributed by atoms with Gasteiger partial charge in [0.2, 0.25) is 6.79 Å². The van der Waals surface area contributed by atoms with Crippen molar-refractivity contribution in [1.29, 1.82) is 0 Å². The van der Waals surface area contributed by atoms with E-state index < -0.39 is 0 Å². The fourth-order valence-corrected chi connectivity index (χ4v) is 2.62. The zero-order chi connectivity index (χ0) is 16.9. The number of ether oxygens (including phenoxy) is 3. The molecule has 0 fully saturated rings. The smallest absolute Gasteiger partial charge is 0.260 e. The fourth-order valence-electron chi connectivity index (χ4n) is 2.43. The maximum Gasteiger partial charge on any atom is 0.260 e. The molecule has 0 aromatic heterocycles. The van der Waals surface area contributed by atoms with Gasteiger partial charge in [0.1, 0.15) is 5.75 Å². The summed E-state index contributed by atoms with van der Waals surface area (Å²) in [6.45, 7) is 3.18. The van der Waals surface area contributed by atoms with Crippen LogP contribution in [0.4, 0.5) is 0 Å². The summed E-state index contributed by atoms with van der Waals surface area (Å²) in [6, 6.07) is 12.8. The molecule has 0 unspecified atom stereocenters. The Hall–Kier alpha value is -2.40. The van der Waals surface area contributed by atoms with Gasteiger partial charge in [-0.3, -0.25) is 4.79 Å². The lowest BCUT2D eigenvalue weighted by Gasteiger charge is -2.21. The van der Waals surface area contributed by atoms with Crippen LogP contribution in [0.5, 0.6) is 17.2 Å². The van der Waals surface area contributed by atoms with E-state index in [1.165, 1.54) is 0 Å². The monoisotopic (exact) mass is 347 g/mol. The topological polar surface area (TPSA) is 48.0 Å². The van der Waals surface area contributed by atoms with E-state index in [0.29, 0.717) is 29.6 Å².